The van der Waals surface area contributed by atoms with Gasteiger partial charge in [0.25, 0.3) is 11.2 Å². The lowest BCUT2D eigenvalue weighted by Crippen LogP contribution is -2.25. The van der Waals surface area contributed by atoms with Crippen LogP contribution in [0.1, 0.15) is 25.8 Å². The summed E-state index contributed by atoms with van der Waals surface area (Å²) in [6, 6.07) is 1.27. The maximum Gasteiger partial charge on any atom is 0.288 e. The molecule has 0 saturated heterocycles. The normalized spacial score (nSPS) is 11.0. The van der Waals surface area contributed by atoms with E-state index in [1.807, 2.05) is 13.8 Å². The number of rotatable bonds is 8. The minimum Gasteiger partial charge on any atom is -0.353 e. The average Bonchev–Trinajstić information content (AvgIpc) is 2.37. The molecule has 0 bridgehead atoms. The van der Waals surface area contributed by atoms with Crippen molar-refractivity contribution in [2.45, 2.75) is 40.0 Å². The average molecular weight is 284 g/mol. The van der Waals surface area contributed by atoms with Gasteiger partial charge in [-0.2, -0.15) is 0 Å². The van der Waals surface area contributed by atoms with E-state index in [0.717, 1.165) is 0 Å². The van der Waals surface area contributed by atoms with E-state index in [9.17, 15) is 14.9 Å². The summed E-state index contributed by atoms with van der Waals surface area (Å²) in [4.78, 5) is 22.2. The smallest absolute Gasteiger partial charge is 0.288 e. The second-order valence-corrected chi connectivity index (χ2v) is 4.26. The molecule has 0 aliphatic rings. The first-order valence-corrected chi connectivity index (χ1v) is 6.58. The molecule has 20 heavy (non-hydrogen) atoms. The first kappa shape index (κ1) is 16.3. The molecular weight excluding hydrogens is 264 g/mol. The topological polar surface area (TPSA) is 83.6 Å². The monoisotopic (exact) mass is 284 g/mol. The van der Waals surface area contributed by atoms with Gasteiger partial charge in [0, 0.05) is 37.8 Å². The van der Waals surface area contributed by atoms with Crippen LogP contribution in [-0.2, 0) is 16.0 Å². The van der Waals surface area contributed by atoms with Gasteiger partial charge in [0.2, 0.25) is 0 Å². The van der Waals surface area contributed by atoms with Gasteiger partial charge in [-0.15, -0.1) is 0 Å². The fourth-order valence-corrected chi connectivity index (χ4v) is 1.85. The maximum atomic E-state index is 11.8. The minimum absolute atomic E-state index is 0.0611. The Morgan fingerprint density at radius 2 is 1.95 bits per heavy atom. The van der Waals surface area contributed by atoms with Crippen LogP contribution in [0.25, 0.3) is 0 Å². The molecule has 0 aliphatic heterocycles. The van der Waals surface area contributed by atoms with Gasteiger partial charge >= 0.3 is 0 Å². The van der Waals surface area contributed by atoms with Crippen LogP contribution in [0.5, 0.6) is 0 Å². The van der Waals surface area contributed by atoms with Gasteiger partial charge in [-0.25, -0.2) is 0 Å². The highest BCUT2D eigenvalue weighted by molar-refractivity contribution is 5.35. The van der Waals surface area contributed by atoms with Crippen molar-refractivity contribution in [3.05, 3.63) is 38.3 Å². The minimum atomic E-state index is -0.492. The molecule has 0 N–H and O–H groups in total. The third-order valence-electron chi connectivity index (χ3n) is 2.81. The predicted molar refractivity (Wildman–Crippen MR) is 73.8 cm³/mol. The summed E-state index contributed by atoms with van der Waals surface area (Å²) in [5, 5.41) is 10.9. The number of hydrogen-bond donors (Lipinski definition) is 0. The van der Waals surface area contributed by atoms with Crippen LogP contribution in [0.4, 0.5) is 5.69 Å². The molecule has 0 spiro atoms. The summed E-state index contributed by atoms with van der Waals surface area (Å²) in [5.41, 5.74) is 0.0382. The van der Waals surface area contributed by atoms with Crippen LogP contribution in [0, 0.1) is 17.0 Å². The van der Waals surface area contributed by atoms with E-state index in [4.69, 9.17) is 9.47 Å². The number of pyridine rings is 1. The molecule has 1 aromatic rings. The molecule has 7 nitrogen and oxygen atoms in total. The van der Waals surface area contributed by atoms with Crippen LogP contribution in [0.15, 0.2) is 17.1 Å². The summed E-state index contributed by atoms with van der Waals surface area (Å²) < 4.78 is 12.1. The van der Waals surface area contributed by atoms with E-state index >= 15 is 0 Å². The summed E-state index contributed by atoms with van der Waals surface area (Å²) in [6.45, 7) is 6.59. The number of hydrogen-bond acceptors (Lipinski definition) is 5. The van der Waals surface area contributed by atoms with Crippen LogP contribution in [0.2, 0.25) is 0 Å². The number of ether oxygens (including phenoxy) is 2. The molecule has 0 radical (unpaired) electrons. The summed E-state index contributed by atoms with van der Waals surface area (Å²) >= 11 is 0. The molecule has 1 heterocycles. The Kier molecular flexibility index (Phi) is 6.33. The highest BCUT2D eigenvalue weighted by Gasteiger charge is 2.14. The number of nitrogens with zero attached hydrogens (tertiary/aromatic N) is 2. The Labute approximate surface area is 117 Å². The first-order chi connectivity index (χ1) is 9.49. The van der Waals surface area contributed by atoms with E-state index in [1.165, 1.54) is 16.8 Å². The number of aryl methyl sites for hydroxylation is 2. The van der Waals surface area contributed by atoms with E-state index in [1.54, 1.807) is 6.92 Å². The number of aromatic nitrogens is 1. The van der Waals surface area contributed by atoms with Crippen LogP contribution < -0.4 is 5.56 Å². The molecule has 0 aromatic carbocycles. The highest BCUT2D eigenvalue weighted by Crippen LogP contribution is 2.14. The van der Waals surface area contributed by atoms with Gasteiger partial charge in [-0.3, -0.25) is 14.9 Å². The van der Waals surface area contributed by atoms with Crippen LogP contribution >= 0.6 is 0 Å². The molecule has 0 amide bonds. The maximum absolute atomic E-state index is 11.8. The van der Waals surface area contributed by atoms with Gasteiger partial charge in [-0.1, -0.05) is 0 Å². The van der Waals surface area contributed by atoms with Crippen molar-refractivity contribution >= 4 is 5.69 Å². The molecule has 0 saturated carbocycles. The molecule has 0 aliphatic carbocycles. The van der Waals surface area contributed by atoms with Crippen molar-refractivity contribution in [3.63, 3.8) is 0 Å². The zero-order valence-electron chi connectivity index (χ0n) is 12.0. The predicted octanol–water partition coefficient (Wildman–Crippen LogP) is 1.85. The quantitative estimate of drug-likeness (QED) is 0.413. The molecule has 0 fully saturated rings. The first-order valence-electron chi connectivity index (χ1n) is 6.58. The fraction of sp³-hybridized carbons (Fsp3) is 0.615. The second-order valence-electron chi connectivity index (χ2n) is 4.26. The van der Waals surface area contributed by atoms with E-state index in [0.29, 0.717) is 31.7 Å². The Morgan fingerprint density at radius 3 is 2.45 bits per heavy atom. The van der Waals surface area contributed by atoms with Crippen molar-refractivity contribution in [3.8, 4) is 0 Å². The third kappa shape index (κ3) is 4.43. The van der Waals surface area contributed by atoms with Gasteiger partial charge < -0.3 is 14.0 Å². The lowest BCUT2D eigenvalue weighted by Gasteiger charge is -2.17. The second kappa shape index (κ2) is 7.76. The largest absolute Gasteiger partial charge is 0.353 e. The van der Waals surface area contributed by atoms with E-state index in [2.05, 4.69) is 0 Å². The molecule has 7 heteroatoms. The summed E-state index contributed by atoms with van der Waals surface area (Å²) in [7, 11) is 0. The van der Waals surface area contributed by atoms with Gasteiger partial charge in [0.15, 0.2) is 6.29 Å². The third-order valence-corrected chi connectivity index (χ3v) is 2.81. The highest BCUT2D eigenvalue weighted by atomic mass is 16.7. The van der Waals surface area contributed by atoms with E-state index < -0.39 is 11.2 Å². The Morgan fingerprint density at radius 1 is 1.35 bits per heavy atom. The lowest BCUT2D eigenvalue weighted by molar-refractivity contribution is -0.386. The molecule has 0 atom stereocenters. The van der Waals surface area contributed by atoms with E-state index in [-0.39, 0.29) is 11.2 Å². The fourth-order valence-electron chi connectivity index (χ4n) is 1.85. The Balaban J connectivity index is 2.83. The standard InChI is InChI=1S/C13H20N2O5/c1-4-19-13(20-5-2)6-7-14-9-11(15(17)18)10(3)8-12(14)16/h8-9,13H,4-7H2,1-3H3. The summed E-state index contributed by atoms with van der Waals surface area (Å²) in [6.07, 6.45) is 1.33. The molecule has 0 unspecified atom stereocenters. The Bertz CT molecular complexity index is 506. The zero-order valence-corrected chi connectivity index (χ0v) is 12.0. The zero-order chi connectivity index (χ0) is 15.1. The molecule has 112 valence electrons. The van der Waals surface area contributed by atoms with Crippen molar-refractivity contribution in [2.24, 2.45) is 0 Å². The van der Waals surface area contributed by atoms with Crippen molar-refractivity contribution in [2.75, 3.05) is 13.2 Å². The molecule has 1 rings (SSSR count). The van der Waals surface area contributed by atoms with Crippen LogP contribution in [0.3, 0.4) is 0 Å². The Hall–Kier alpha value is -1.73. The number of nitro groups is 1. The van der Waals surface area contributed by atoms with Gasteiger partial charge in [0.05, 0.1) is 11.1 Å². The SMILES string of the molecule is CCOC(CCn1cc([N+](=O)[O-])c(C)cc1=O)OCC. The molecular formula is C13H20N2O5. The van der Waals surface area contributed by atoms with Crippen molar-refractivity contribution < 1.29 is 14.4 Å². The molecule has 1 aromatic heterocycles. The van der Waals surface area contributed by atoms with Gasteiger partial charge in [0.1, 0.15) is 0 Å². The van der Waals surface area contributed by atoms with Gasteiger partial charge in [-0.05, 0) is 20.8 Å². The van der Waals surface area contributed by atoms with Crippen molar-refractivity contribution in [1.82, 2.24) is 4.57 Å². The van der Waals surface area contributed by atoms with Crippen molar-refractivity contribution in [1.29, 1.82) is 0 Å². The van der Waals surface area contributed by atoms with Crippen LogP contribution in [-0.4, -0.2) is 29.0 Å². The lowest BCUT2D eigenvalue weighted by atomic mass is 10.2. The summed E-state index contributed by atoms with van der Waals surface area (Å²) in [5.74, 6) is 0.